The second-order valence-electron chi connectivity index (χ2n) is 3.73. The van der Waals surface area contributed by atoms with E-state index in [0.717, 1.165) is 0 Å². The van der Waals surface area contributed by atoms with Gasteiger partial charge in [-0.15, -0.1) is 0 Å². The fourth-order valence-corrected chi connectivity index (χ4v) is 1.53. The van der Waals surface area contributed by atoms with Gasteiger partial charge in [0.05, 0.1) is 27.8 Å². The van der Waals surface area contributed by atoms with Crippen molar-refractivity contribution in [3.05, 3.63) is 69.8 Å². The third kappa shape index (κ3) is 3.01. The Morgan fingerprint density at radius 2 is 1.84 bits per heavy atom. The molecule has 2 rings (SSSR count). The Morgan fingerprint density at radius 3 is 2.47 bits per heavy atom. The van der Waals surface area contributed by atoms with Gasteiger partial charge in [-0.1, -0.05) is 12.1 Å². The van der Waals surface area contributed by atoms with E-state index in [9.17, 15) is 10.1 Å². The lowest BCUT2D eigenvalue weighted by Crippen LogP contribution is -1.93. The molecule has 19 heavy (non-hydrogen) atoms. The topological polar surface area (TPSA) is 79.3 Å². The van der Waals surface area contributed by atoms with Gasteiger partial charge in [0.1, 0.15) is 0 Å². The minimum atomic E-state index is -0.444. The fraction of sp³-hybridized carbons (Fsp3) is 0. The lowest BCUT2D eigenvalue weighted by molar-refractivity contribution is -0.385. The van der Waals surface area contributed by atoms with Crippen LogP contribution < -0.4 is 0 Å². The van der Waals surface area contributed by atoms with E-state index < -0.39 is 4.92 Å². The Labute approximate surface area is 109 Å². The molecule has 92 valence electrons. The molecule has 0 heterocycles. The van der Waals surface area contributed by atoms with Crippen LogP contribution in [0.5, 0.6) is 0 Å². The Bertz CT molecular complexity index is 670. The molecule has 0 atom stereocenters. The molecule has 0 N–H and O–H groups in total. The van der Waals surface area contributed by atoms with Gasteiger partial charge in [-0.3, -0.25) is 15.1 Å². The van der Waals surface area contributed by atoms with Crippen molar-refractivity contribution in [3.63, 3.8) is 0 Å². The minimum absolute atomic E-state index is 0.0138. The maximum Gasteiger partial charge on any atom is 0.278 e. The Hall–Kier alpha value is -3.00. The first-order chi connectivity index (χ1) is 9.20. The predicted molar refractivity (Wildman–Crippen MR) is 71.5 cm³/mol. The number of hydrogen-bond acceptors (Lipinski definition) is 4. The van der Waals surface area contributed by atoms with Crippen LogP contribution in [0.4, 0.5) is 11.4 Å². The van der Waals surface area contributed by atoms with Crippen LogP contribution in [-0.2, 0) is 0 Å². The molecule has 0 saturated heterocycles. The number of nitrogens with zero attached hydrogens (tertiary/aromatic N) is 3. The average Bonchev–Trinajstić information content (AvgIpc) is 2.46. The van der Waals surface area contributed by atoms with Crippen LogP contribution in [0.25, 0.3) is 0 Å². The van der Waals surface area contributed by atoms with E-state index in [0.29, 0.717) is 16.8 Å². The highest BCUT2D eigenvalue weighted by atomic mass is 16.6. The van der Waals surface area contributed by atoms with E-state index in [-0.39, 0.29) is 5.69 Å². The molecular formula is C14H9N3O2. The van der Waals surface area contributed by atoms with Crippen molar-refractivity contribution < 1.29 is 4.92 Å². The van der Waals surface area contributed by atoms with Crippen LogP contribution in [0.1, 0.15) is 11.1 Å². The number of nitro benzene ring substituents is 1. The summed E-state index contributed by atoms with van der Waals surface area (Å²) in [7, 11) is 0. The number of nitro groups is 1. The molecule has 0 unspecified atom stereocenters. The van der Waals surface area contributed by atoms with Gasteiger partial charge in [0.15, 0.2) is 0 Å². The first-order valence-electron chi connectivity index (χ1n) is 5.48. The largest absolute Gasteiger partial charge is 0.278 e. The van der Waals surface area contributed by atoms with Gasteiger partial charge >= 0.3 is 0 Å². The van der Waals surface area contributed by atoms with Crippen LogP contribution in [0.3, 0.4) is 0 Å². The van der Waals surface area contributed by atoms with Gasteiger partial charge in [-0.05, 0) is 30.3 Å². The lowest BCUT2D eigenvalue weighted by Gasteiger charge is -1.96. The zero-order valence-electron chi connectivity index (χ0n) is 9.85. The molecule has 0 spiro atoms. The normalized spacial score (nSPS) is 10.3. The van der Waals surface area contributed by atoms with Gasteiger partial charge < -0.3 is 0 Å². The number of benzene rings is 2. The molecule has 2 aromatic carbocycles. The van der Waals surface area contributed by atoms with Crippen molar-refractivity contribution >= 4 is 17.6 Å². The van der Waals surface area contributed by atoms with Crippen molar-refractivity contribution in [2.45, 2.75) is 0 Å². The maximum absolute atomic E-state index is 10.8. The molecule has 2 aromatic rings. The van der Waals surface area contributed by atoms with Crippen molar-refractivity contribution in [1.29, 1.82) is 5.26 Å². The zero-order chi connectivity index (χ0) is 13.7. The third-order valence-corrected chi connectivity index (χ3v) is 2.48. The van der Waals surface area contributed by atoms with E-state index in [1.54, 1.807) is 42.5 Å². The molecule has 0 bridgehead atoms. The van der Waals surface area contributed by atoms with Crippen LogP contribution in [0.2, 0.25) is 0 Å². The summed E-state index contributed by atoms with van der Waals surface area (Å²) in [6.45, 7) is 0. The van der Waals surface area contributed by atoms with Gasteiger partial charge in [0, 0.05) is 12.3 Å². The average molecular weight is 251 g/mol. The molecule has 0 aliphatic rings. The van der Waals surface area contributed by atoms with Crippen molar-refractivity contribution in [2.24, 2.45) is 4.99 Å². The molecule has 0 aliphatic carbocycles. The van der Waals surface area contributed by atoms with Crippen molar-refractivity contribution in [2.75, 3.05) is 0 Å². The van der Waals surface area contributed by atoms with Crippen LogP contribution in [-0.4, -0.2) is 11.1 Å². The molecule has 0 fully saturated rings. The highest BCUT2D eigenvalue weighted by Gasteiger charge is 2.09. The van der Waals surface area contributed by atoms with Gasteiger partial charge in [0.2, 0.25) is 0 Å². The van der Waals surface area contributed by atoms with Gasteiger partial charge in [-0.25, -0.2) is 0 Å². The van der Waals surface area contributed by atoms with Crippen molar-refractivity contribution in [3.8, 4) is 6.07 Å². The Balaban J connectivity index is 2.27. The van der Waals surface area contributed by atoms with Gasteiger partial charge in [0.25, 0.3) is 5.69 Å². The SMILES string of the molecule is N#Cc1ccc(/N=C/c2ccccc2[N+](=O)[O-])cc1. The highest BCUT2D eigenvalue weighted by Crippen LogP contribution is 2.17. The molecule has 0 saturated carbocycles. The molecule has 5 nitrogen and oxygen atoms in total. The maximum atomic E-state index is 10.8. The van der Waals surface area contributed by atoms with E-state index in [4.69, 9.17) is 5.26 Å². The second kappa shape index (κ2) is 5.56. The van der Waals surface area contributed by atoms with E-state index in [2.05, 4.69) is 4.99 Å². The number of rotatable bonds is 3. The minimum Gasteiger partial charge on any atom is -0.258 e. The number of hydrogen-bond donors (Lipinski definition) is 0. The summed E-state index contributed by atoms with van der Waals surface area (Å²) in [6, 6.07) is 15.1. The van der Waals surface area contributed by atoms with Crippen LogP contribution >= 0.6 is 0 Å². The predicted octanol–water partition coefficient (Wildman–Crippen LogP) is 3.22. The lowest BCUT2D eigenvalue weighted by atomic mass is 10.2. The zero-order valence-corrected chi connectivity index (χ0v) is 9.85. The first-order valence-corrected chi connectivity index (χ1v) is 5.48. The smallest absolute Gasteiger partial charge is 0.258 e. The van der Waals surface area contributed by atoms with E-state index in [1.807, 2.05) is 6.07 Å². The summed E-state index contributed by atoms with van der Waals surface area (Å²) in [6.07, 6.45) is 1.44. The van der Waals surface area contributed by atoms with E-state index in [1.165, 1.54) is 12.3 Å². The summed E-state index contributed by atoms with van der Waals surface area (Å²) < 4.78 is 0. The molecule has 0 radical (unpaired) electrons. The molecule has 0 aromatic heterocycles. The standard InChI is InChI=1S/C14H9N3O2/c15-9-11-5-7-13(8-6-11)16-10-12-3-1-2-4-14(12)17(18)19/h1-8,10H/b16-10+. The Morgan fingerprint density at radius 1 is 1.16 bits per heavy atom. The molecule has 5 heteroatoms. The third-order valence-electron chi connectivity index (χ3n) is 2.48. The highest BCUT2D eigenvalue weighted by molar-refractivity contribution is 5.86. The fourth-order valence-electron chi connectivity index (χ4n) is 1.53. The van der Waals surface area contributed by atoms with Crippen molar-refractivity contribution in [1.82, 2.24) is 0 Å². The van der Waals surface area contributed by atoms with Crippen LogP contribution in [0, 0.1) is 21.4 Å². The number of para-hydroxylation sites is 1. The summed E-state index contributed by atoms with van der Waals surface area (Å²) in [4.78, 5) is 14.5. The summed E-state index contributed by atoms with van der Waals surface area (Å²) in [5.41, 5.74) is 1.64. The van der Waals surface area contributed by atoms with E-state index >= 15 is 0 Å². The van der Waals surface area contributed by atoms with Crippen LogP contribution in [0.15, 0.2) is 53.5 Å². The molecular weight excluding hydrogens is 242 g/mol. The summed E-state index contributed by atoms with van der Waals surface area (Å²) in [5.74, 6) is 0. The molecule has 0 amide bonds. The summed E-state index contributed by atoms with van der Waals surface area (Å²) >= 11 is 0. The first kappa shape index (κ1) is 12.5. The number of nitriles is 1. The number of aliphatic imine (C=N–C) groups is 1. The Kier molecular flexibility index (Phi) is 3.64. The summed E-state index contributed by atoms with van der Waals surface area (Å²) in [5, 5.41) is 19.5. The second-order valence-corrected chi connectivity index (χ2v) is 3.73. The van der Waals surface area contributed by atoms with Gasteiger partial charge in [-0.2, -0.15) is 5.26 Å². The quantitative estimate of drug-likeness (QED) is 0.477. The monoisotopic (exact) mass is 251 g/mol. The molecule has 0 aliphatic heterocycles.